The summed E-state index contributed by atoms with van der Waals surface area (Å²) >= 11 is 0. The molecule has 88 valence electrons. The minimum atomic E-state index is -0.171. The van der Waals surface area contributed by atoms with Gasteiger partial charge in [-0.25, -0.2) is 0 Å². The monoisotopic (exact) mass is 225 g/mol. The first-order chi connectivity index (χ1) is 7.67. The van der Waals surface area contributed by atoms with Gasteiger partial charge in [0.15, 0.2) is 6.79 Å². The minimum Gasteiger partial charge on any atom is -0.497 e. The summed E-state index contributed by atoms with van der Waals surface area (Å²) in [6, 6.07) is 5.14. The van der Waals surface area contributed by atoms with Gasteiger partial charge in [0.05, 0.1) is 12.8 Å². The van der Waals surface area contributed by atoms with Gasteiger partial charge < -0.3 is 19.5 Å². The van der Waals surface area contributed by atoms with Crippen LogP contribution >= 0.6 is 0 Å². The van der Waals surface area contributed by atoms with Gasteiger partial charge in [0.2, 0.25) is 5.91 Å². The van der Waals surface area contributed by atoms with E-state index >= 15 is 0 Å². The summed E-state index contributed by atoms with van der Waals surface area (Å²) in [5, 5.41) is 2.66. The lowest BCUT2D eigenvalue weighted by Crippen LogP contribution is -2.09. The molecular formula is C11H15NO4. The van der Waals surface area contributed by atoms with Gasteiger partial charge in [-0.15, -0.1) is 0 Å². The summed E-state index contributed by atoms with van der Waals surface area (Å²) in [6.45, 7) is 1.55. The fourth-order valence-electron chi connectivity index (χ4n) is 1.17. The predicted molar refractivity (Wildman–Crippen MR) is 59.8 cm³/mol. The van der Waals surface area contributed by atoms with Crippen LogP contribution in [0, 0.1) is 0 Å². The van der Waals surface area contributed by atoms with Crippen molar-refractivity contribution in [2.24, 2.45) is 0 Å². The van der Waals surface area contributed by atoms with E-state index in [9.17, 15) is 4.79 Å². The summed E-state index contributed by atoms with van der Waals surface area (Å²) in [4.78, 5) is 11.0. The molecule has 1 N–H and O–H groups in total. The molecule has 1 aromatic rings. The lowest BCUT2D eigenvalue weighted by atomic mass is 10.2. The third-order valence-corrected chi connectivity index (χ3v) is 1.83. The van der Waals surface area contributed by atoms with E-state index in [4.69, 9.17) is 14.2 Å². The second-order valence-corrected chi connectivity index (χ2v) is 3.09. The number of anilines is 1. The highest BCUT2D eigenvalue weighted by Crippen LogP contribution is 2.29. The summed E-state index contributed by atoms with van der Waals surface area (Å²) < 4.78 is 15.1. The van der Waals surface area contributed by atoms with Crippen molar-refractivity contribution in [2.45, 2.75) is 6.92 Å². The fraction of sp³-hybridized carbons (Fsp3) is 0.364. The van der Waals surface area contributed by atoms with Crippen molar-refractivity contribution >= 4 is 11.6 Å². The molecular weight excluding hydrogens is 210 g/mol. The van der Waals surface area contributed by atoms with E-state index in [1.54, 1.807) is 25.3 Å². The number of ether oxygens (including phenoxy) is 3. The molecule has 0 saturated heterocycles. The van der Waals surface area contributed by atoms with Crippen LogP contribution in [0.5, 0.6) is 11.5 Å². The number of amides is 1. The third kappa shape index (κ3) is 3.43. The van der Waals surface area contributed by atoms with E-state index < -0.39 is 0 Å². The van der Waals surface area contributed by atoms with Crippen molar-refractivity contribution < 1.29 is 19.0 Å². The van der Waals surface area contributed by atoms with Crippen LogP contribution in [-0.2, 0) is 9.53 Å². The van der Waals surface area contributed by atoms with Crippen molar-refractivity contribution in [1.82, 2.24) is 0 Å². The normalized spacial score (nSPS) is 9.69. The average molecular weight is 225 g/mol. The minimum absolute atomic E-state index is 0.124. The molecule has 5 nitrogen and oxygen atoms in total. The Balaban J connectivity index is 2.91. The summed E-state index contributed by atoms with van der Waals surface area (Å²) in [5.74, 6) is 1.02. The standard InChI is InChI=1S/C11H15NO4/c1-8(13)12-10-6-9(15-3)4-5-11(10)16-7-14-2/h4-6H,7H2,1-3H3,(H,12,13). The second-order valence-electron chi connectivity index (χ2n) is 3.09. The van der Waals surface area contributed by atoms with E-state index in [0.717, 1.165) is 0 Å². The summed E-state index contributed by atoms with van der Waals surface area (Å²) in [6.07, 6.45) is 0. The maximum absolute atomic E-state index is 11.0. The first-order valence-corrected chi connectivity index (χ1v) is 4.74. The van der Waals surface area contributed by atoms with E-state index in [-0.39, 0.29) is 12.7 Å². The number of hydrogen-bond donors (Lipinski definition) is 1. The first kappa shape index (κ1) is 12.3. The number of rotatable bonds is 5. The van der Waals surface area contributed by atoms with Crippen LogP contribution in [0.1, 0.15) is 6.92 Å². The molecule has 5 heteroatoms. The predicted octanol–water partition coefficient (Wildman–Crippen LogP) is 1.64. The van der Waals surface area contributed by atoms with E-state index in [1.807, 2.05) is 0 Å². The van der Waals surface area contributed by atoms with Gasteiger partial charge in [0, 0.05) is 20.1 Å². The molecule has 1 rings (SSSR count). The topological polar surface area (TPSA) is 56.8 Å². The summed E-state index contributed by atoms with van der Waals surface area (Å²) in [7, 11) is 3.09. The Bertz CT molecular complexity index is 365. The molecule has 0 unspecified atom stereocenters. The maximum Gasteiger partial charge on any atom is 0.221 e. The van der Waals surface area contributed by atoms with Crippen molar-refractivity contribution in [1.29, 1.82) is 0 Å². The van der Waals surface area contributed by atoms with Crippen LogP contribution < -0.4 is 14.8 Å². The van der Waals surface area contributed by atoms with Crippen LogP contribution in [0.15, 0.2) is 18.2 Å². The number of carbonyl (C=O) groups excluding carboxylic acids is 1. The molecule has 1 aromatic carbocycles. The molecule has 0 heterocycles. The molecule has 1 amide bonds. The quantitative estimate of drug-likeness (QED) is 0.774. The number of methoxy groups -OCH3 is 2. The van der Waals surface area contributed by atoms with Crippen molar-refractivity contribution in [3.8, 4) is 11.5 Å². The van der Waals surface area contributed by atoms with Crippen molar-refractivity contribution in [3.05, 3.63) is 18.2 Å². The molecule has 0 spiro atoms. The Morgan fingerprint density at radius 3 is 2.69 bits per heavy atom. The SMILES string of the molecule is COCOc1ccc(OC)cc1NC(C)=O. The van der Waals surface area contributed by atoms with Gasteiger partial charge in [-0.05, 0) is 12.1 Å². The highest BCUT2D eigenvalue weighted by Gasteiger charge is 2.07. The van der Waals surface area contributed by atoms with Gasteiger partial charge in [-0.1, -0.05) is 0 Å². The van der Waals surface area contributed by atoms with Gasteiger partial charge in [-0.3, -0.25) is 4.79 Å². The molecule has 16 heavy (non-hydrogen) atoms. The Kier molecular flexibility index (Phi) is 4.60. The van der Waals surface area contributed by atoms with Crippen LogP contribution in [0.25, 0.3) is 0 Å². The zero-order valence-electron chi connectivity index (χ0n) is 9.57. The molecule has 0 bridgehead atoms. The molecule has 0 atom stereocenters. The average Bonchev–Trinajstić information content (AvgIpc) is 2.26. The molecule has 0 radical (unpaired) electrons. The molecule has 0 saturated carbocycles. The molecule has 0 aliphatic rings. The number of nitrogens with one attached hydrogen (secondary N) is 1. The molecule has 0 aliphatic heterocycles. The Hall–Kier alpha value is -1.75. The first-order valence-electron chi connectivity index (χ1n) is 4.74. The largest absolute Gasteiger partial charge is 0.497 e. The van der Waals surface area contributed by atoms with Crippen LogP contribution in [0.2, 0.25) is 0 Å². The Labute approximate surface area is 94.3 Å². The van der Waals surface area contributed by atoms with Gasteiger partial charge in [0.1, 0.15) is 11.5 Å². The zero-order chi connectivity index (χ0) is 12.0. The third-order valence-electron chi connectivity index (χ3n) is 1.83. The van der Waals surface area contributed by atoms with Crippen LogP contribution in [0.3, 0.4) is 0 Å². The number of hydrogen-bond acceptors (Lipinski definition) is 4. The molecule has 0 aliphatic carbocycles. The fourth-order valence-corrected chi connectivity index (χ4v) is 1.17. The molecule has 0 aromatic heterocycles. The summed E-state index contributed by atoms with van der Waals surface area (Å²) in [5.41, 5.74) is 0.559. The highest BCUT2D eigenvalue weighted by atomic mass is 16.7. The van der Waals surface area contributed by atoms with E-state index in [1.165, 1.54) is 14.0 Å². The highest BCUT2D eigenvalue weighted by molar-refractivity contribution is 5.90. The maximum atomic E-state index is 11.0. The van der Waals surface area contributed by atoms with E-state index in [2.05, 4.69) is 5.32 Å². The second kappa shape index (κ2) is 5.97. The number of carbonyl (C=O) groups is 1. The van der Waals surface area contributed by atoms with Crippen molar-refractivity contribution in [2.75, 3.05) is 26.3 Å². The van der Waals surface area contributed by atoms with Crippen molar-refractivity contribution in [3.63, 3.8) is 0 Å². The van der Waals surface area contributed by atoms with Crippen LogP contribution in [0.4, 0.5) is 5.69 Å². The lowest BCUT2D eigenvalue weighted by Gasteiger charge is -2.12. The number of benzene rings is 1. The van der Waals surface area contributed by atoms with Gasteiger partial charge in [0.25, 0.3) is 0 Å². The van der Waals surface area contributed by atoms with Crippen LogP contribution in [-0.4, -0.2) is 26.9 Å². The smallest absolute Gasteiger partial charge is 0.221 e. The van der Waals surface area contributed by atoms with E-state index in [0.29, 0.717) is 17.2 Å². The molecule has 0 fully saturated rings. The van der Waals surface area contributed by atoms with Gasteiger partial charge >= 0.3 is 0 Å². The van der Waals surface area contributed by atoms with Gasteiger partial charge in [-0.2, -0.15) is 0 Å². The lowest BCUT2D eigenvalue weighted by molar-refractivity contribution is -0.114. The zero-order valence-corrected chi connectivity index (χ0v) is 9.57. The Morgan fingerprint density at radius 1 is 1.38 bits per heavy atom. The Morgan fingerprint density at radius 2 is 2.12 bits per heavy atom.